The first-order valence-electron chi connectivity index (χ1n) is 2.37. The molecule has 0 spiro atoms. The second-order valence-corrected chi connectivity index (χ2v) is 0.962. The maximum absolute atomic E-state index is 3.25. The molecule has 1 aromatic carbocycles. The van der Waals surface area contributed by atoms with Gasteiger partial charge in [-0.15, -0.1) is 0 Å². The molecule has 0 amide bonds. The van der Waals surface area contributed by atoms with Crippen LogP contribution in [0.25, 0.3) is 0 Å². The van der Waals surface area contributed by atoms with Crippen LogP contribution in [-0.4, -0.2) is 0 Å². The third-order valence-electron chi connectivity index (χ3n) is 0.556. The molecule has 0 nitrogen and oxygen atoms in total. The molecular weight excluding hydrogens is 180 g/mol. The summed E-state index contributed by atoms with van der Waals surface area (Å²) in [6, 6.07) is 10.0. The molecule has 0 unspecified atom stereocenters. The van der Waals surface area contributed by atoms with Gasteiger partial charge < -0.3 is 36.6 Å². The van der Waals surface area contributed by atoms with Gasteiger partial charge in [0.1, 0.15) is 0 Å². The molecule has 0 N–H and O–H groups in total. The quantitative estimate of drug-likeness (QED) is 0.440. The molecule has 0 aromatic heterocycles. The molecule has 0 heterocycles. The fourth-order valence-electron chi connectivity index (χ4n) is 0.321. The van der Waals surface area contributed by atoms with Crippen molar-refractivity contribution in [1.82, 2.24) is 0 Å². The van der Waals surface area contributed by atoms with E-state index >= 15 is 0 Å². The van der Waals surface area contributed by atoms with E-state index in [0.717, 1.165) is 0 Å². The maximum Gasteiger partial charge on any atom is 0 e. The van der Waals surface area contributed by atoms with E-state index in [9.17, 15) is 0 Å². The Labute approximate surface area is 95.6 Å². The third kappa shape index (κ3) is 32.2. The summed E-state index contributed by atoms with van der Waals surface area (Å²) < 4.78 is 0. The summed E-state index contributed by atoms with van der Waals surface area (Å²) >= 11 is 0. The van der Waals surface area contributed by atoms with Crippen molar-refractivity contribution in [1.29, 1.82) is 0 Å². The molecule has 12 heavy (non-hydrogen) atoms. The van der Waals surface area contributed by atoms with Crippen LogP contribution >= 0.6 is 0 Å². The largest absolute Gasteiger partial charge is 0.358 e. The Bertz CT molecular complexity index is 61.5. The van der Waals surface area contributed by atoms with Crippen LogP contribution in [0.4, 0.5) is 0 Å². The summed E-state index contributed by atoms with van der Waals surface area (Å²) in [5.41, 5.74) is 0. The van der Waals surface area contributed by atoms with Gasteiger partial charge >= 0.3 is 0 Å². The van der Waals surface area contributed by atoms with E-state index in [-0.39, 0.29) is 51.4 Å². The van der Waals surface area contributed by atoms with Gasteiger partial charge in [0, 0.05) is 21.7 Å². The predicted octanol–water partition coefficient (Wildman–Crippen LogP) is 4.04. The third-order valence-corrected chi connectivity index (χ3v) is 0.556. The van der Waals surface area contributed by atoms with Crippen LogP contribution in [0.5, 0.6) is 0 Å². The van der Waals surface area contributed by atoms with Crippen molar-refractivity contribution in [3.8, 4) is 0 Å². The molecule has 1 aromatic rings. The van der Waals surface area contributed by atoms with Crippen molar-refractivity contribution in [3.63, 3.8) is 0 Å². The van der Waals surface area contributed by atoms with Gasteiger partial charge in [-0.1, -0.05) is 0 Å². The Morgan fingerprint density at radius 2 is 1.08 bits per heavy atom. The monoisotopic (exact) mass is 202 g/mol. The molecule has 1 rings (SSSR count). The summed E-state index contributed by atoms with van der Waals surface area (Å²) in [5, 5.41) is 0. The first-order chi connectivity index (χ1) is 3.50. The first kappa shape index (κ1) is 40.2. The molecule has 0 fully saturated rings. The molecule has 0 bridgehead atoms. The predicted molar refractivity (Wildman–Crippen MR) is 58.7 cm³/mol. The van der Waals surface area contributed by atoms with Gasteiger partial charge in [-0.05, 0) is 0 Å². The van der Waals surface area contributed by atoms with Crippen molar-refractivity contribution in [3.05, 3.63) is 67.0 Å². The molecule has 0 aliphatic carbocycles. The normalized spacial score (nSPS) is 3.83. The standard InChI is InChI=1S/C5H5.C2H5.4CH3.Ti/c1-2-4-5-3-1;1-2;;;;;/h1-5H;1H2,2H3;4*1H3;/q6*-1;. The van der Waals surface area contributed by atoms with Crippen molar-refractivity contribution >= 4 is 0 Å². The average Bonchev–Trinajstić information content (AvgIpc) is 2.23. The number of hydrogen-bond acceptors (Lipinski definition) is 0. The minimum Gasteiger partial charge on any atom is -0.358 e. The van der Waals surface area contributed by atoms with Crippen molar-refractivity contribution < 1.29 is 21.7 Å². The molecular formula is C11H22Ti-6. The molecule has 0 atom stereocenters. The summed E-state index contributed by atoms with van der Waals surface area (Å²) in [5.74, 6) is 0. The Morgan fingerprint density at radius 1 is 0.833 bits per heavy atom. The van der Waals surface area contributed by atoms with Gasteiger partial charge in [-0.3, -0.25) is 0 Å². The van der Waals surface area contributed by atoms with E-state index in [0.29, 0.717) is 0 Å². The minimum atomic E-state index is 0. The Hall–Kier alpha value is 0.0643. The zero-order valence-electron chi connectivity index (χ0n) is 9.09. The van der Waals surface area contributed by atoms with Gasteiger partial charge in [-0.2, -0.15) is 25.1 Å². The molecule has 0 aliphatic heterocycles. The van der Waals surface area contributed by atoms with Crippen molar-refractivity contribution in [2.45, 2.75) is 6.92 Å². The SMILES string of the molecule is [CH2-]C.[CH3-].[CH3-].[CH3-].[CH3-].[Ti].c1cc[cH-]c1. The van der Waals surface area contributed by atoms with E-state index in [2.05, 4.69) is 6.92 Å². The summed E-state index contributed by atoms with van der Waals surface area (Å²) in [6.45, 7) is 5.00. The molecule has 1 heteroatoms. The smallest absolute Gasteiger partial charge is 0 e. The van der Waals surface area contributed by atoms with Crippen LogP contribution in [0.3, 0.4) is 0 Å². The Kier molecular flexibility index (Phi) is 146. The summed E-state index contributed by atoms with van der Waals surface area (Å²) in [6.07, 6.45) is 0. The topological polar surface area (TPSA) is 0 Å². The first-order valence-corrected chi connectivity index (χ1v) is 2.37. The Morgan fingerprint density at radius 3 is 1.17 bits per heavy atom. The van der Waals surface area contributed by atoms with Gasteiger partial charge in [0.05, 0.1) is 0 Å². The van der Waals surface area contributed by atoms with Crippen LogP contribution in [-0.2, 0) is 21.7 Å². The van der Waals surface area contributed by atoms with E-state index in [1.807, 2.05) is 30.3 Å². The zero-order valence-corrected chi connectivity index (χ0v) is 10.7. The van der Waals surface area contributed by atoms with E-state index < -0.39 is 0 Å². The number of rotatable bonds is 0. The summed E-state index contributed by atoms with van der Waals surface area (Å²) in [4.78, 5) is 0. The molecule has 0 saturated heterocycles. The second-order valence-electron chi connectivity index (χ2n) is 0.962. The second kappa shape index (κ2) is 43.7. The van der Waals surface area contributed by atoms with Crippen LogP contribution in [0.2, 0.25) is 0 Å². The maximum atomic E-state index is 3.25. The molecule has 0 saturated carbocycles. The van der Waals surface area contributed by atoms with Gasteiger partial charge in [-0.25, -0.2) is 12.1 Å². The number of hydrogen-bond donors (Lipinski definition) is 0. The van der Waals surface area contributed by atoms with E-state index in [1.165, 1.54) is 0 Å². The molecule has 0 radical (unpaired) electrons. The average molecular weight is 202 g/mol. The molecule has 0 aliphatic rings. The summed E-state index contributed by atoms with van der Waals surface area (Å²) in [7, 11) is 0. The zero-order chi connectivity index (χ0) is 5.54. The Balaban J connectivity index is -0.0000000122. The van der Waals surface area contributed by atoms with Crippen LogP contribution in [0, 0.1) is 36.6 Å². The fraction of sp³-hybridized carbons (Fsp3) is 0.0909. The minimum absolute atomic E-state index is 0. The van der Waals surface area contributed by atoms with Crippen molar-refractivity contribution in [2.24, 2.45) is 0 Å². The van der Waals surface area contributed by atoms with Gasteiger partial charge in [0.15, 0.2) is 0 Å². The van der Waals surface area contributed by atoms with E-state index in [1.54, 1.807) is 6.92 Å². The van der Waals surface area contributed by atoms with Crippen molar-refractivity contribution in [2.75, 3.05) is 0 Å². The van der Waals surface area contributed by atoms with Gasteiger partial charge in [0.25, 0.3) is 0 Å². The van der Waals surface area contributed by atoms with Crippen LogP contribution < -0.4 is 0 Å². The fourth-order valence-corrected chi connectivity index (χ4v) is 0.321. The van der Waals surface area contributed by atoms with Crippen LogP contribution in [0.1, 0.15) is 6.92 Å². The van der Waals surface area contributed by atoms with E-state index in [4.69, 9.17) is 0 Å². The van der Waals surface area contributed by atoms with Crippen LogP contribution in [0.15, 0.2) is 30.3 Å². The molecule has 76 valence electrons. The van der Waals surface area contributed by atoms with Gasteiger partial charge in [0.2, 0.25) is 0 Å².